The van der Waals surface area contributed by atoms with Crippen LogP contribution in [0.2, 0.25) is 0 Å². The molecular formula is C10H17NO6. The van der Waals surface area contributed by atoms with E-state index in [0.29, 0.717) is 0 Å². The quantitative estimate of drug-likeness (QED) is 0.496. The fraction of sp³-hybridized carbons (Fsp3) is 0.800. The maximum Gasteiger partial charge on any atom is 0.303 e. The zero-order valence-corrected chi connectivity index (χ0v) is 9.91. The molecule has 0 bridgehead atoms. The number of ether oxygens (including phenoxy) is 2. The van der Waals surface area contributed by atoms with E-state index in [2.05, 4.69) is 5.32 Å². The van der Waals surface area contributed by atoms with Crippen LogP contribution in [0.15, 0.2) is 0 Å². The molecule has 0 spiro atoms. The van der Waals surface area contributed by atoms with Crippen molar-refractivity contribution in [2.75, 3.05) is 7.05 Å². The fourth-order valence-corrected chi connectivity index (χ4v) is 1.72. The van der Waals surface area contributed by atoms with Crippen LogP contribution in [0.5, 0.6) is 0 Å². The van der Waals surface area contributed by atoms with Crippen molar-refractivity contribution in [3.8, 4) is 0 Å². The molecule has 1 heterocycles. The molecule has 0 radical (unpaired) electrons. The second kappa shape index (κ2) is 5.44. The summed E-state index contributed by atoms with van der Waals surface area (Å²) in [5.74, 6) is -1.18. The largest absolute Gasteiger partial charge is 0.456 e. The highest BCUT2D eigenvalue weighted by Gasteiger charge is 2.47. The van der Waals surface area contributed by atoms with Crippen molar-refractivity contribution < 1.29 is 29.3 Å². The third-order valence-corrected chi connectivity index (χ3v) is 2.63. The molecule has 0 unspecified atom stereocenters. The number of amides is 1. The van der Waals surface area contributed by atoms with E-state index in [1.54, 1.807) is 0 Å². The van der Waals surface area contributed by atoms with Crippen LogP contribution >= 0.6 is 0 Å². The number of rotatable bonds is 2. The maximum atomic E-state index is 11.5. The lowest BCUT2D eigenvalue weighted by atomic mass is 9.95. The monoisotopic (exact) mass is 247 g/mol. The van der Waals surface area contributed by atoms with E-state index in [1.165, 1.54) is 14.0 Å². The summed E-state index contributed by atoms with van der Waals surface area (Å²) in [6.07, 6.45) is -5.62. The molecule has 1 amide bonds. The number of hydrogen-bond donors (Lipinski definition) is 3. The first-order valence-corrected chi connectivity index (χ1v) is 5.29. The first-order valence-electron chi connectivity index (χ1n) is 5.29. The number of esters is 1. The minimum Gasteiger partial charge on any atom is -0.456 e. The molecule has 1 saturated heterocycles. The van der Waals surface area contributed by atoms with E-state index in [1.807, 2.05) is 0 Å². The molecule has 0 aromatic rings. The number of aliphatic hydroxyl groups excluding tert-OH is 2. The van der Waals surface area contributed by atoms with E-state index >= 15 is 0 Å². The van der Waals surface area contributed by atoms with Gasteiger partial charge in [-0.05, 0) is 6.92 Å². The number of hydrogen-bond acceptors (Lipinski definition) is 6. The van der Waals surface area contributed by atoms with Gasteiger partial charge in [0.15, 0.2) is 12.2 Å². The van der Waals surface area contributed by atoms with Gasteiger partial charge < -0.3 is 25.0 Å². The Bertz CT molecular complexity index is 307. The Morgan fingerprint density at radius 3 is 2.35 bits per heavy atom. The second-order valence-corrected chi connectivity index (χ2v) is 3.93. The number of aliphatic hydroxyl groups is 2. The molecular weight excluding hydrogens is 230 g/mol. The van der Waals surface area contributed by atoms with Gasteiger partial charge in [-0.25, -0.2) is 0 Å². The van der Waals surface area contributed by atoms with Crippen LogP contribution in [0.1, 0.15) is 13.8 Å². The van der Waals surface area contributed by atoms with Crippen molar-refractivity contribution in [3.05, 3.63) is 0 Å². The molecule has 17 heavy (non-hydrogen) atoms. The van der Waals surface area contributed by atoms with Gasteiger partial charge in [0.1, 0.15) is 12.2 Å². The zero-order valence-electron chi connectivity index (χ0n) is 9.91. The van der Waals surface area contributed by atoms with E-state index in [4.69, 9.17) is 9.47 Å². The highest BCUT2D eigenvalue weighted by atomic mass is 16.6. The molecule has 5 atom stereocenters. The minimum atomic E-state index is -1.36. The Hall–Kier alpha value is -1.18. The molecule has 1 fully saturated rings. The van der Waals surface area contributed by atoms with Gasteiger partial charge in [-0.15, -0.1) is 0 Å². The van der Waals surface area contributed by atoms with Gasteiger partial charge in [-0.2, -0.15) is 0 Å². The van der Waals surface area contributed by atoms with E-state index in [0.717, 1.165) is 6.92 Å². The van der Waals surface area contributed by atoms with Crippen molar-refractivity contribution in [1.29, 1.82) is 0 Å². The van der Waals surface area contributed by atoms with Gasteiger partial charge >= 0.3 is 5.97 Å². The Balaban J connectivity index is 2.90. The standard InChI is InChI=1S/C10H17NO6/c1-4-6(13)7(14)8(17-5(2)12)9(16-4)10(15)11-3/h4,6-9,13-14H,1-3H3,(H,11,15)/t4-,6-,7+,8-,9-/m1/s1. The summed E-state index contributed by atoms with van der Waals surface area (Å²) in [5, 5.41) is 21.7. The van der Waals surface area contributed by atoms with Crippen LogP contribution in [0.4, 0.5) is 0 Å². The summed E-state index contributed by atoms with van der Waals surface area (Å²) in [7, 11) is 1.40. The molecule has 0 aliphatic carbocycles. The maximum absolute atomic E-state index is 11.5. The first kappa shape index (κ1) is 13.9. The zero-order chi connectivity index (χ0) is 13.2. The normalized spacial score (nSPS) is 37.4. The van der Waals surface area contributed by atoms with Gasteiger partial charge in [-0.3, -0.25) is 9.59 Å². The summed E-state index contributed by atoms with van der Waals surface area (Å²) in [6, 6.07) is 0. The lowest BCUT2D eigenvalue weighted by molar-refractivity contribution is -0.226. The number of carbonyl (C=O) groups is 2. The Morgan fingerprint density at radius 1 is 1.29 bits per heavy atom. The summed E-state index contributed by atoms with van der Waals surface area (Å²) in [4.78, 5) is 22.4. The highest BCUT2D eigenvalue weighted by molar-refractivity contribution is 5.82. The summed E-state index contributed by atoms with van der Waals surface area (Å²) < 4.78 is 10.1. The molecule has 98 valence electrons. The number of likely N-dealkylation sites (N-methyl/N-ethyl adjacent to an activating group) is 1. The Morgan fingerprint density at radius 2 is 1.88 bits per heavy atom. The summed E-state index contributed by atoms with van der Waals surface area (Å²) in [5.41, 5.74) is 0. The molecule has 3 N–H and O–H groups in total. The van der Waals surface area contributed by atoms with E-state index in [9.17, 15) is 19.8 Å². The minimum absolute atomic E-state index is 0.519. The lowest BCUT2D eigenvalue weighted by Crippen LogP contribution is -2.61. The first-order chi connectivity index (χ1) is 7.88. The van der Waals surface area contributed by atoms with E-state index in [-0.39, 0.29) is 0 Å². The molecule has 0 aromatic carbocycles. The van der Waals surface area contributed by atoms with Crippen molar-refractivity contribution in [2.45, 2.75) is 44.4 Å². The van der Waals surface area contributed by atoms with Gasteiger partial charge in [0.25, 0.3) is 5.91 Å². The average molecular weight is 247 g/mol. The predicted molar refractivity (Wildman–Crippen MR) is 56.0 cm³/mol. The average Bonchev–Trinajstić information content (AvgIpc) is 2.28. The fourth-order valence-electron chi connectivity index (χ4n) is 1.72. The summed E-state index contributed by atoms with van der Waals surface area (Å²) in [6.45, 7) is 2.67. The topological polar surface area (TPSA) is 105 Å². The molecule has 1 aliphatic rings. The highest BCUT2D eigenvalue weighted by Crippen LogP contribution is 2.23. The second-order valence-electron chi connectivity index (χ2n) is 3.93. The van der Waals surface area contributed by atoms with Crippen molar-refractivity contribution in [3.63, 3.8) is 0 Å². The van der Waals surface area contributed by atoms with Gasteiger partial charge in [-0.1, -0.05) is 0 Å². The van der Waals surface area contributed by atoms with Crippen molar-refractivity contribution in [2.24, 2.45) is 0 Å². The van der Waals surface area contributed by atoms with Crippen LogP contribution in [-0.2, 0) is 19.1 Å². The number of carbonyl (C=O) groups excluding carboxylic acids is 2. The third-order valence-electron chi connectivity index (χ3n) is 2.63. The molecule has 1 rings (SSSR count). The van der Waals surface area contributed by atoms with Gasteiger partial charge in [0.05, 0.1) is 6.10 Å². The smallest absolute Gasteiger partial charge is 0.303 e. The van der Waals surface area contributed by atoms with Crippen LogP contribution < -0.4 is 5.32 Å². The Labute approximate surface area is 98.7 Å². The van der Waals surface area contributed by atoms with Crippen molar-refractivity contribution >= 4 is 11.9 Å². The predicted octanol–water partition coefficient (Wildman–Crippen LogP) is -1.83. The SMILES string of the molecule is CNC(=O)[C@@H]1O[C@H](C)[C@@H](O)[C@H](O)[C@H]1OC(C)=O. The van der Waals surface area contributed by atoms with Crippen molar-refractivity contribution in [1.82, 2.24) is 5.32 Å². The van der Waals surface area contributed by atoms with E-state index < -0.39 is 42.4 Å². The number of nitrogens with one attached hydrogen (secondary N) is 1. The molecule has 0 aromatic heterocycles. The van der Waals surface area contributed by atoms with Crippen LogP contribution in [0.25, 0.3) is 0 Å². The molecule has 0 saturated carbocycles. The summed E-state index contributed by atoms with van der Waals surface area (Å²) >= 11 is 0. The van der Waals surface area contributed by atoms with Gasteiger partial charge in [0, 0.05) is 14.0 Å². The lowest BCUT2D eigenvalue weighted by Gasteiger charge is -2.40. The molecule has 7 nitrogen and oxygen atoms in total. The van der Waals surface area contributed by atoms with Crippen LogP contribution in [0, 0.1) is 0 Å². The van der Waals surface area contributed by atoms with Crippen LogP contribution in [-0.4, -0.2) is 59.7 Å². The third kappa shape index (κ3) is 2.93. The molecule has 7 heteroatoms. The van der Waals surface area contributed by atoms with Crippen LogP contribution in [0.3, 0.4) is 0 Å². The Kier molecular flexibility index (Phi) is 4.44. The molecule has 1 aliphatic heterocycles. The van der Waals surface area contributed by atoms with Gasteiger partial charge in [0.2, 0.25) is 0 Å².